The van der Waals surface area contributed by atoms with Gasteiger partial charge in [0, 0.05) is 17.1 Å². The number of hydrogen-bond acceptors (Lipinski definition) is 3. The molecule has 0 aromatic heterocycles. The normalized spacial score (nSPS) is 14.5. The van der Waals surface area contributed by atoms with E-state index in [2.05, 4.69) is 17.4 Å². The van der Waals surface area contributed by atoms with Gasteiger partial charge in [0.2, 0.25) is 0 Å². The average molecular weight is 529 g/mol. The Balaban J connectivity index is 1.46. The van der Waals surface area contributed by atoms with Crippen LogP contribution in [-0.4, -0.2) is 22.6 Å². The highest BCUT2D eigenvalue weighted by Gasteiger charge is 2.31. The Labute approximate surface area is 223 Å². The first-order valence-electron chi connectivity index (χ1n) is 12.0. The first kappa shape index (κ1) is 24.9. The molecule has 1 atom stereocenters. The minimum Gasteiger partial charge on any atom is -0.352 e. The summed E-state index contributed by atoms with van der Waals surface area (Å²) in [4.78, 5) is 29.3. The molecule has 0 radical (unpaired) electrons. The van der Waals surface area contributed by atoms with Crippen LogP contribution in [0.15, 0.2) is 101 Å². The summed E-state index contributed by atoms with van der Waals surface area (Å²) in [7, 11) is -1.58. The van der Waals surface area contributed by atoms with Crippen molar-refractivity contribution in [3.05, 3.63) is 124 Å². The summed E-state index contributed by atoms with van der Waals surface area (Å²) in [6.45, 7) is 2.76. The van der Waals surface area contributed by atoms with E-state index in [4.69, 9.17) is 11.6 Å². The van der Waals surface area contributed by atoms with Crippen LogP contribution in [0.2, 0.25) is 5.02 Å². The summed E-state index contributed by atoms with van der Waals surface area (Å²) in [6, 6.07) is 27.4. The van der Waals surface area contributed by atoms with Crippen LogP contribution in [0.4, 0.5) is 5.69 Å². The fraction of sp³-hybridized carbons (Fsp3) is 0.133. The number of benzene rings is 4. The molecule has 37 heavy (non-hydrogen) atoms. The van der Waals surface area contributed by atoms with E-state index < -0.39 is 10.8 Å². The van der Waals surface area contributed by atoms with Gasteiger partial charge in [-0.05, 0) is 66.9 Å². The Morgan fingerprint density at radius 2 is 1.59 bits per heavy atom. The number of nitrogens with one attached hydrogen (secondary N) is 1. The topological polar surface area (TPSA) is 66.5 Å². The van der Waals surface area contributed by atoms with Gasteiger partial charge in [-0.25, -0.2) is 4.21 Å². The second kappa shape index (κ2) is 10.7. The van der Waals surface area contributed by atoms with Crippen molar-refractivity contribution in [2.24, 2.45) is 0 Å². The molecule has 0 bridgehead atoms. The average Bonchev–Trinajstić information content (AvgIpc) is 3.00. The molecule has 0 aliphatic carbocycles. The van der Waals surface area contributed by atoms with Crippen molar-refractivity contribution in [3.63, 3.8) is 0 Å². The first-order chi connectivity index (χ1) is 17.9. The molecule has 1 heterocycles. The van der Waals surface area contributed by atoms with E-state index in [1.165, 1.54) is 5.56 Å². The zero-order valence-corrected chi connectivity index (χ0v) is 21.8. The maximum absolute atomic E-state index is 13.7. The molecule has 186 valence electrons. The van der Waals surface area contributed by atoms with Crippen LogP contribution in [0.1, 0.15) is 37.4 Å². The predicted octanol–water partition coefficient (Wildman–Crippen LogP) is 5.95. The zero-order valence-electron chi connectivity index (χ0n) is 20.2. The zero-order chi connectivity index (χ0) is 25.9. The van der Waals surface area contributed by atoms with E-state index in [0.717, 1.165) is 11.1 Å². The Bertz CT molecular complexity index is 1500. The van der Waals surface area contributed by atoms with E-state index in [-0.39, 0.29) is 18.4 Å². The maximum Gasteiger partial charge on any atom is 0.259 e. The molecule has 5 rings (SSSR count). The van der Waals surface area contributed by atoms with Gasteiger partial charge < -0.3 is 10.2 Å². The molecule has 1 aliphatic heterocycles. The molecule has 4 aromatic rings. The number of amides is 2. The lowest BCUT2D eigenvalue weighted by molar-refractivity contribution is 0.0950. The fourth-order valence-corrected chi connectivity index (χ4v) is 5.78. The van der Waals surface area contributed by atoms with E-state index in [9.17, 15) is 13.8 Å². The van der Waals surface area contributed by atoms with Gasteiger partial charge in [-0.1, -0.05) is 65.7 Å². The van der Waals surface area contributed by atoms with Crippen molar-refractivity contribution in [2.75, 3.05) is 11.4 Å². The molecular formula is C30H25ClN2O3S. The van der Waals surface area contributed by atoms with E-state index >= 15 is 0 Å². The van der Waals surface area contributed by atoms with Gasteiger partial charge in [-0.3, -0.25) is 9.59 Å². The van der Waals surface area contributed by atoms with Crippen molar-refractivity contribution in [2.45, 2.75) is 29.7 Å². The molecular weight excluding hydrogens is 504 g/mol. The third-order valence-electron chi connectivity index (χ3n) is 6.35. The van der Waals surface area contributed by atoms with E-state index in [0.29, 0.717) is 44.6 Å². The number of carbonyl (C=O) groups excluding carboxylic acids is 2. The molecule has 0 saturated heterocycles. The highest BCUT2D eigenvalue weighted by Crippen LogP contribution is 2.36. The molecule has 4 aromatic carbocycles. The van der Waals surface area contributed by atoms with Crippen molar-refractivity contribution in [1.29, 1.82) is 0 Å². The molecule has 0 spiro atoms. The van der Waals surface area contributed by atoms with Crippen LogP contribution < -0.4 is 10.2 Å². The SMILES string of the molecule is Cc1ccc(CCNC(=O)c2ccc3c(c2)N(Cc2ccc(Cl)cc2)C(=O)c2ccccc2[S@]3=O)cc1. The van der Waals surface area contributed by atoms with Gasteiger partial charge in [0.05, 0.1) is 38.4 Å². The number of rotatable bonds is 6. The number of aryl methyl sites for hydroxylation is 1. The summed E-state index contributed by atoms with van der Waals surface area (Å²) >= 11 is 6.05. The largest absolute Gasteiger partial charge is 0.352 e. The number of anilines is 1. The van der Waals surface area contributed by atoms with Gasteiger partial charge in [-0.15, -0.1) is 0 Å². The van der Waals surface area contributed by atoms with Gasteiger partial charge in [0.25, 0.3) is 11.8 Å². The van der Waals surface area contributed by atoms with E-state index in [1.807, 2.05) is 31.2 Å². The van der Waals surface area contributed by atoms with E-state index in [1.54, 1.807) is 59.5 Å². The minimum absolute atomic E-state index is 0.243. The highest BCUT2D eigenvalue weighted by atomic mass is 35.5. The Morgan fingerprint density at radius 3 is 2.35 bits per heavy atom. The van der Waals surface area contributed by atoms with Crippen molar-refractivity contribution < 1.29 is 13.8 Å². The number of nitrogens with zero attached hydrogens (tertiary/aromatic N) is 1. The minimum atomic E-state index is -1.58. The monoisotopic (exact) mass is 528 g/mol. The van der Waals surface area contributed by atoms with Crippen LogP contribution >= 0.6 is 11.6 Å². The number of hydrogen-bond donors (Lipinski definition) is 1. The standard InChI is InChI=1S/C30H25ClN2O3S/c1-20-6-8-21(9-7-20)16-17-32-29(34)23-12-15-28-26(18-23)33(19-22-10-13-24(31)14-11-22)30(35)25-4-2-3-5-27(25)37(28)36/h2-15,18H,16-17,19H2,1H3,(H,32,34)/t37-/m1/s1. The molecule has 2 amide bonds. The molecule has 0 fully saturated rings. The highest BCUT2D eigenvalue weighted by molar-refractivity contribution is 7.85. The molecule has 1 aliphatic rings. The van der Waals surface area contributed by atoms with Gasteiger partial charge >= 0.3 is 0 Å². The van der Waals surface area contributed by atoms with Crippen LogP contribution in [-0.2, 0) is 23.8 Å². The molecule has 5 nitrogen and oxygen atoms in total. The van der Waals surface area contributed by atoms with Crippen LogP contribution in [0, 0.1) is 6.92 Å². The third-order valence-corrected chi connectivity index (χ3v) is 8.10. The summed E-state index contributed by atoms with van der Waals surface area (Å²) in [5.41, 5.74) is 4.44. The summed E-state index contributed by atoms with van der Waals surface area (Å²) in [5, 5.41) is 3.56. The molecule has 0 saturated carbocycles. The lowest BCUT2D eigenvalue weighted by Gasteiger charge is -2.23. The Morgan fingerprint density at radius 1 is 0.892 bits per heavy atom. The first-order valence-corrected chi connectivity index (χ1v) is 13.5. The lowest BCUT2D eigenvalue weighted by Crippen LogP contribution is -2.31. The second-order valence-corrected chi connectivity index (χ2v) is 10.8. The third kappa shape index (κ3) is 5.36. The van der Waals surface area contributed by atoms with Crippen molar-refractivity contribution >= 4 is 39.9 Å². The van der Waals surface area contributed by atoms with Gasteiger partial charge in [0.1, 0.15) is 0 Å². The number of fused-ring (bicyclic) bond motifs is 2. The molecule has 1 N–H and O–H groups in total. The molecule has 0 unspecified atom stereocenters. The van der Waals surface area contributed by atoms with Gasteiger partial charge in [0.15, 0.2) is 0 Å². The van der Waals surface area contributed by atoms with Crippen LogP contribution in [0.3, 0.4) is 0 Å². The predicted molar refractivity (Wildman–Crippen MR) is 147 cm³/mol. The summed E-state index contributed by atoms with van der Waals surface area (Å²) in [6.07, 6.45) is 0.706. The Hall–Kier alpha value is -3.74. The van der Waals surface area contributed by atoms with Crippen LogP contribution in [0.25, 0.3) is 0 Å². The Kier molecular flexibility index (Phi) is 7.22. The smallest absolute Gasteiger partial charge is 0.259 e. The molecule has 7 heteroatoms. The number of carbonyl (C=O) groups is 2. The summed E-state index contributed by atoms with van der Waals surface area (Å²) < 4.78 is 13.6. The van der Waals surface area contributed by atoms with Crippen molar-refractivity contribution in [1.82, 2.24) is 5.32 Å². The van der Waals surface area contributed by atoms with Gasteiger partial charge in [-0.2, -0.15) is 0 Å². The second-order valence-electron chi connectivity index (χ2n) is 8.96. The summed E-state index contributed by atoms with van der Waals surface area (Å²) in [5.74, 6) is -0.518. The quantitative estimate of drug-likeness (QED) is 0.336. The maximum atomic E-state index is 13.7. The van der Waals surface area contributed by atoms with Crippen LogP contribution in [0.5, 0.6) is 0 Å². The lowest BCUT2D eigenvalue weighted by atomic mass is 10.1. The number of halogens is 1. The fourth-order valence-electron chi connectivity index (χ4n) is 4.31. The van der Waals surface area contributed by atoms with Crippen molar-refractivity contribution in [3.8, 4) is 0 Å².